The molecule has 0 radical (unpaired) electrons. The molecule has 92 valence electrons. The van der Waals surface area contributed by atoms with Crippen molar-refractivity contribution in [3.63, 3.8) is 0 Å². The van der Waals surface area contributed by atoms with E-state index < -0.39 is 0 Å². The highest BCUT2D eigenvalue weighted by atomic mass is 14.2. The van der Waals surface area contributed by atoms with Gasteiger partial charge >= 0.3 is 0 Å². The Balaban J connectivity index is 2.71. The summed E-state index contributed by atoms with van der Waals surface area (Å²) in [6, 6.07) is 8.68. The summed E-state index contributed by atoms with van der Waals surface area (Å²) < 4.78 is 0. The predicted octanol–water partition coefficient (Wildman–Crippen LogP) is 3.49. The largest absolute Gasteiger partial charge is 0.0991 e. The molecule has 0 N–H and O–H groups in total. The number of hydrogen-bond acceptors (Lipinski definition) is 0. The van der Waals surface area contributed by atoms with Gasteiger partial charge in [-0.3, -0.25) is 0 Å². The van der Waals surface area contributed by atoms with E-state index >= 15 is 0 Å². The Labute approximate surface area is 109 Å². The highest BCUT2D eigenvalue weighted by molar-refractivity contribution is 5.72. The van der Waals surface area contributed by atoms with Crippen molar-refractivity contribution in [1.82, 2.24) is 0 Å². The normalized spacial score (nSPS) is 17.9. The minimum absolute atomic E-state index is 1.05. The zero-order valence-corrected chi connectivity index (χ0v) is 11.5. The van der Waals surface area contributed by atoms with E-state index in [-0.39, 0.29) is 0 Å². The van der Waals surface area contributed by atoms with Crippen LogP contribution in [-0.2, 0) is 0 Å². The number of hydrogen-bond donors (Lipinski definition) is 0. The van der Waals surface area contributed by atoms with Gasteiger partial charge in [-0.1, -0.05) is 54.6 Å². The predicted molar refractivity (Wildman–Crippen MR) is 80.5 cm³/mol. The number of fused-ring (bicyclic) bond motifs is 1. The first-order chi connectivity index (χ1) is 8.65. The van der Waals surface area contributed by atoms with Crippen LogP contribution >= 0.6 is 0 Å². The van der Waals surface area contributed by atoms with Crippen molar-refractivity contribution in [1.29, 1.82) is 0 Å². The zero-order chi connectivity index (χ0) is 13.1. The molecule has 0 amide bonds. The van der Waals surface area contributed by atoms with Gasteiger partial charge in [0.15, 0.2) is 0 Å². The summed E-state index contributed by atoms with van der Waals surface area (Å²) in [5, 5.41) is 2.78. The maximum absolute atomic E-state index is 3.73. The van der Waals surface area contributed by atoms with Gasteiger partial charge in [-0.15, -0.1) is 0 Å². The topological polar surface area (TPSA) is 0 Å². The van der Waals surface area contributed by atoms with E-state index in [4.69, 9.17) is 0 Å². The Bertz CT molecular complexity index is 652. The van der Waals surface area contributed by atoms with Gasteiger partial charge in [0.25, 0.3) is 0 Å². The van der Waals surface area contributed by atoms with Crippen LogP contribution in [0.5, 0.6) is 0 Å². The second-order valence-corrected chi connectivity index (χ2v) is 4.88. The van der Waals surface area contributed by atoms with E-state index in [0.717, 1.165) is 6.42 Å². The third-order valence-corrected chi connectivity index (χ3v) is 3.64. The molecule has 1 aliphatic carbocycles. The molecule has 0 heterocycles. The molecule has 0 unspecified atom stereocenters. The third kappa shape index (κ3) is 2.24. The van der Waals surface area contributed by atoms with E-state index in [1.165, 1.54) is 32.7 Å². The first-order valence-electron chi connectivity index (χ1n) is 6.40. The van der Waals surface area contributed by atoms with Gasteiger partial charge in [0.2, 0.25) is 0 Å². The fourth-order valence-corrected chi connectivity index (χ4v) is 2.59. The highest BCUT2D eigenvalue weighted by Crippen LogP contribution is 2.25. The molecule has 1 aromatic rings. The van der Waals surface area contributed by atoms with Gasteiger partial charge in [0.1, 0.15) is 0 Å². The Morgan fingerprint density at radius 1 is 1.17 bits per heavy atom. The summed E-state index contributed by atoms with van der Waals surface area (Å²) in [5.41, 5.74) is 5.64. The summed E-state index contributed by atoms with van der Waals surface area (Å²) in [7, 11) is 0. The van der Waals surface area contributed by atoms with Crippen LogP contribution in [0.3, 0.4) is 0 Å². The average molecular weight is 236 g/mol. The maximum Gasteiger partial charge on any atom is -0.00552 e. The van der Waals surface area contributed by atoms with Crippen LogP contribution in [0.1, 0.15) is 27.2 Å². The van der Waals surface area contributed by atoms with Gasteiger partial charge in [0.05, 0.1) is 0 Å². The van der Waals surface area contributed by atoms with Gasteiger partial charge < -0.3 is 0 Å². The molecule has 0 aliphatic heterocycles. The lowest BCUT2D eigenvalue weighted by molar-refractivity contribution is 1.17. The van der Waals surface area contributed by atoms with E-state index in [2.05, 4.69) is 57.7 Å². The standard InChI is InChI=1S/C18H20/c1-5-6-9-13(2)18-12-14(3)16-10-7-8-11-17(16)15(18)4/h5-11H,1,12H2,2-4H3/b9-6-,18-13+. The Hall–Kier alpha value is -1.82. The van der Waals surface area contributed by atoms with Gasteiger partial charge in [-0.05, 0) is 54.3 Å². The molecule has 0 nitrogen and oxygen atoms in total. The summed E-state index contributed by atoms with van der Waals surface area (Å²) >= 11 is 0. The van der Waals surface area contributed by atoms with Crippen LogP contribution in [0.2, 0.25) is 0 Å². The molecule has 0 heteroatoms. The van der Waals surface area contributed by atoms with Crippen LogP contribution in [0.15, 0.2) is 60.2 Å². The first kappa shape index (κ1) is 12.6. The Morgan fingerprint density at radius 3 is 2.50 bits per heavy atom. The fourth-order valence-electron chi connectivity index (χ4n) is 2.59. The van der Waals surface area contributed by atoms with E-state index in [1.54, 1.807) is 0 Å². The van der Waals surface area contributed by atoms with Gasteiger partial charge in [-0.25, -0.2) is 0 Å². The van der Waals surface area contributed by atoms with Crippen molar-refractivity contribution in [3.8, 4) is 0 Å². The molecule has 0 saturated carbocycles. The van der Waals surface area contributed by atoms with Crippen LogP contribution in [0.25, 0.3) is 11.1 Å². The molecule has 0 spiro atoms. The minimum atomic E-state index is 1.05. The van der Waals surface area contributed by atoms with Gasteiger partial charge in [0, 0.05) is 0 Å². The number of benzene rings is 1. The van der Waals surface area contributed by atoms with Crippen molar-refractivity contribution in [2.75, 3.05) is 0 Å². The molecule has 0 aromatic heterocycles. The Morgan fingerprint density at radius 2 is 1.83 bits per heavy atom. The average Bonchev–Trinajstić information content (AvgIpc) is 2.40. The first-order valence-corrected chi connectivity index (χ1v) is 6.40. The lowest BCUT2D eigenvalue weighted by atomic mass is 9.88. The summed E-state index contributed by atoms with van der Waals surface area (Å²) in [6.07, 6.45) is 7.03. The molecule has 1 aromatic carbocycles. The van der Waals surface area contributed by atoms with E-state index in [0.29, 0.717) is 0 Å². The van der Waals surface area contributed by atoms with Crippen molar-refractivity contribution in [3.05, 3.63) is 70.7 Å². The second kappa shape index (κ2) is 5.22. The summed E-state index contributed by atoms with van der Waals surface area (Å²) in [4.78, 5) is 0. The lowest BCUT2D eigenvalue weighted by Crippen LogP contribution is -2.31. The van der Waals surface area contributed by atoms with Crippen LogP contribution in [-0.4, -0.2) is 0 Å². The molecular formula is C18H20. The van der Waals surface area contributed by atoms with Crippen molar-refractivity contribution < 1.29 is 0 Å². The number of allylic oxidation sites excluding steroid dienone is 5. The number of rotatable bonds is 2. The van der Waals surface area contributed by atoms with Crippen molar-refractivity contribution >= 4 is 11.1 Å². The SMILES string of the molecule is C=C/C=C\C(C)=C1/CC(C)=c2ccccc2=C1C. The van der Waals surface area contributed by atoms with Crippen LogP contribution < -0.4 is 10.4 Å². The van der Waals surface area contributed by atoms with E-state index in [9.17, 15) is 0 Å². The van der Waals surface area contributed by atoms with E-state index in [1.807, 2.05) is 12.2 Å². The molecule has 18 heavy (non-hydrogen) atoms. The zero-order valence-electron chi connectivity index (χ0n) is 11.5. The third-order valence-electron chi connectivity index (χ3n) is 3.64. The minimum Gasteiger partial charge on any atom is -0.0991 e. The second-order valence-electron chi connectivity index (χ2n) is 4.88. The molecule has 0 atom stereocenters. The molecular weight excluding hydrogens is 216 g/mol. The van der Waals surface area contributed by atoms with Gasteiger partial charge in [-0.2, -0.15) is 0 Å². The Kier molecular flexibility index (Phi) is 3.66. The molecule has 2 rings (SSSR count). The molecule has 0 fully saturated rings. The summed E-state index contributed by atoms with van der Waals surface area (Å²) in [6.45, 7) is 10.4. The lowest BCUT2D eigenvalue weighted by Gasteiger charge is -2.17. The quantitative estimate of drug-likeness (QED) is 0.690. The molecule has 1 aliphatic rings. The van der Waals surface area contributed by atoms with Crippen LogP contribution in [0, 0.1) is 0 Å². The molecule has 0 bridgehead atoms. The van der Waals surface area contributed by atoms with Crippen molar-refractivity contribution in [2.24, 2.45) is 0 Å². The highest BCUT2D eigenvalue weighted by Gasteiger charge is 2.11. The van der Waals surface area contributed by atoms with Crippen molar-refractivity contribution in [2.45, 2.75) is 27.2 Å². The van der Waals surface area contributed by atoms with Crippen LogP contribution in [0.4, 0.5) is 0 Å². The monoisotopic (exact) mass is 236 g/mol. The smallest absolute Gasteiger partial charge is 0.00552 e. The maximum atomic E-state index is 3.73. The fraction of sp³-hybridized carbons (Fsp3) is 0.222. The summed E-state index contributed by atoms with van der Waals surface area (Å²) in [5.74, 6) is 0. The molecule has 0 saturated heterocycles.